The van der Waals surface area contributed by atoms with Crippen LogP contribution in [0.2, 0.25) is 0 Å². The molecule has 3 aromatic rings. The van der Waals surface area contributed by atoms with E-state index in [1.165, 1.54) is 16.4 Å². The summed E-state index contributed by atoms with van der Waals surface area (Å²) in [4.78, 5) is 11.0. The molecule has 30 heavy (non-hydrogen) atoms. The Morgan fingerprint density at radius 2 is 1.73 bits per heavy atom. The highest BCUT2D eigenvalue weighted by Gasteiger charge is 2.27. The predicted octanol–water partition coefficient (Wildman–Crippen LogP) is 2.11. The summed E-state index contributed by atoms with van der Waals surface area (Å²) >= 11 is 0. The summed E-state index contributed by atoms with van der Waals surface area (Å²) in [5, 5.41) is 8.10. The zero-order chi connectivity index (χ0) is 21.3. The van der Waals surface area contributed by atoms with Gasteiger partial charge in [-0.05, 0) is 38.1 Å². The van der Waals surface area contributed by atoms with Crippen LogP contribution in [0.5, 0.6) is 0 Å². The molecular weight excluding hydrogens is 411 g/mol. The van der Waals surface area contributed by atoms with Gasteiger partial charge < -0.3 is 9.32 Å². The smallest absolute Gasteiger partial charge is 0.268 e. The van der Waals surface area contributed by atoms with Crippen molar-refractivity contribution in [1.82, 2.24) is 24.5 Å². The van der Waals surface area contributed by atoms with Gasteiger partial charge in [-0.15, -0.1) is 10.2 Å². The molecular formula is C19H21FN6O3S. The second kappa shape index (κ2) is 8.07. The number of hydrogen-bond donors (Lipinski definition) is 0. The van der Waals surface area contributed by atoms with Crippen LogP contribution < -0.4 is 4.90 Å². The molecule has 0 unspecified atom stereocenters. The van der Waals surface area contributed by atoms with E-state index in [0.29, 0.717) is 48.9 Å². The topological polar surface area (TPSA) is 105 Å². The fourth-order valence-corrected chi connectivity index (χ4v) is 4.29. The Bertz CT molecular complexity index is 1140. The van der Waals surface area contributed by atoms with Crippen molar-refractivity contribution in [3.63, 3.8) is 0 Å². The number of aromatic nitrogens is 4. The molecule has 1 fully saturated rings. The van der Waals surface area contributed by atoms with Gasteiger partial charge in [0.2, 0.25) is 15.9 Å². The van der Waals surface area contributed by atoms with Crippen molar-refractivity contribution in [2.45, 2.75) is 13.8 Å². The second-order valence-electron chi connectivity index (χ2n) is 6.87. The van der Waals surface area contributed by atoms with Crippen molar-refractivity contribution in [2.75, 3.05) is 36.8 Å². The number of sulfonamides is 1. The van der Waals surface area contributed by atoms with E-state index < -0.39 is 10.0 Å². The van der Waals surface area contributed by atoms with E-state index in [4.69, 9.17) is 4.42 Å². The lowest BCUT2D eigenvalue weighted by Gasteiger charge is -2.34. The lowest BCUT2D eigenvalue weighted by atomic mass is 10.2. The van der Waals surface area contributed by atoms with E-state index in [0.717, 1.165) is 0 Å². The molecule has 1 aromatic carbocycles. The average Bonchev–Trinajstić information content (AvgIpc) is 3.25. The largest absolute Gasteiger partial charge is 0.415 e. The quantitative estimate of drug-likeness (QED) is 0.604. The van der Waals surface area contributed by atoms with Gasteiger partial charge in [-0.2, -0.15) is 4.31 Å². The summed E-state index contributed by atoms with van der Waals surface area (Å²) in [5.41, 5.74) is 1.68. The van der Waals surface area contributed by atoms with Crippen molar-refractivity contribution in [3.05, 3.63) is 42.0 Å². The van der Waals surface area contributed by atoms with Crippen LogP contribution in [0, 0.1) is 12.7 Å². The maximum Gasteiger partial charge on any atom is 0.268 e. The average molecular weight is 432 g/mol. The molecule has 1 saturated heterocycles. The van der Waals surface area contributed by atoms with Gasteiger partial charge in [0.15, 0.2) is 5.69 Å². The van der Waals surface area contributed by atoms with Crippen LogP contribution in [0.25, 0.3) is 23.0 Å². The van der Waals surface area contributed by atoms with Gasteiger partial charge in [0.1, 0.15) is 11.6 Å². The van der Waals surface area contributed by atoms with Gasteiger partial charge in [-0.1, -0.05) is 0 Å². The molecule has 0 amide bonds. The molecule has 0 aliphatic carbocycles. The molecule has 9 nitrogen and oxygen atoms in total. The van der Waals surface area contributed by atoms with Crippen LogP contribution in [0.1, 0.15) is 12.6 Å². The molecule has 0 spiro atoms. The van der Waals surface area contributed by atoms with Gasteiger partial charge in [-0.25, -0.2) is 17.8 Å². The molecule has 1 aliphatic rings. The van der Waals surface area contributed by atoms with Crippen molar-refractivity contribution in [2.24, 2.45) is 0 Å². The highest BCUT2D eigenvalue weighted by Crippen LogP contribution is 2.26. The minimum Gasteiger partial charge on any atom is -0.415 e. The van der Waals surface area contributed by atoms with E-state index in [1.807, 2.05) is 4.90 Å². The van der Waals surface area contributed by atoms with Crippen molar-refractivity contribution in [1.29, 1.82) is 0 Å². The lowest BCUT2D eigenvalue weighted by Crippen LogP contribution is -2.49. The molecule has 1 aliphatic heterocycles. The van der Waals surface area contributed by atoms with E-state index >= 15 is 0 Å². The zero-order valence-corrected chi connectivity index (χ0v) is 17.4. The Balaban J connectivity index is 1.55. The number of nitrogens with zero attached hydrogens (tertiary/aromatic N) is 6. The second-order valence-corrected chi connectivity index (χ2v) is 9.13. The minimum atomic E-state index is -3.20. The summed E-state index contributed by atoms with van der Waals surface area (Å²) in [7, 11) is -3.20. The number of hydrogen-bond acceptors (Lipinski definition) is 8. The molecule has 158 valence electrons. The highest BCUT2D eigenvalue weighted by atomic mass is 32.2. The lowest BCUT2D eigenvalue weighted by molar-refractivity contribution is 0.384. The fourth-order valence-electron chi connectivity index (χ4n) is 3.20. The highest BCUT2D eigenvalue weighted by molar-refractivity contribution is 7.89. The summed E-state index contributed by atoms with van der Waals surface area (Å²) in [6.45, 7) is 5.26. The van der Waals surface area contributed by atoms with Crippen molar-refractivity contribution >= 4 is 15.8 Å². The standard InChI is InChI=1S/C19H21FN6O3S/c1-3-30(27,28)26-10-8-25(9-11-26)16-12-21-13(2)17(22-16)19-24-23-18(29-19)14-4-6-15(20)7-5-14/h4-7,12H,3,8-11H2,1-2H3. The van der Waals surface area contributed by atoms with Gasteiger partial charge in [0.25, 0.3) is 5.89 Å². The predicted molar refractivity (Wildman–Crippen MR) is 109 cm³/mol. The molecule has 4 rings (SSSR count). The molecule has 3 heterocycles. The number of piperazine rings is 1. The molecule has 0 radical (unpaired) electrons. The number of anilines is 1. The first-order valence-electron chi connectivity index (χ1n) is 9.53. The normalized spacial score (nSPS) is 15.5. The molecule has 0 N–H and O–H groups in total. The molecule has 2 aromatic heterocycles. The first-order valence-corrected chi connectivity index (χ1v) is 11.1. The molecule has 0 atom stereocenters. The summed E-state index contributed by atoms with van der Waals surface area (Å²) in [6.07, 6.45) is 1.65. The molecule has 0 bridgehead atoms. The Labute approximate surface area is 173 Å². The molecule has 11 heteroatoms. The Morgan fingerprint density at radius 3 is 2.40 bits per heavy atom. The van der Waals surface area contributed by atoms with Crippen LogP contribution in [-0.4, -0.2) is 64.8 Å². The number of rotatable bonds is 5. The van der Waals surface area contributed by atoms with E-state index in [-0.39, 0.29) is 23.4 Å². The van der Waals surface area contributed by atoms with Gasteiger partial charge >= 0.3 is 0 Å². The fraction of sp³-hybridized carbons (Fsp3) is 0.368. The molecule has 0 saturated carbocycles. The Morgan fingerprint density at radius 1 is 1.07 bits per heavy atom. The first kappa shape index (κ1) is 20.4. The summed E-state index contributed by atoms with van der Waals surface area (Å²) in [5.74, 6) is 0.837. The van der Waals surface area contributed by atoms with Crippen molar-refractivity contribution in [3.8, 4) is 23.0 Å². The van der Waals surface area contributed by atoms with Gasteiger partial charge in [0, 0.05) is 31.7 Å². The van der Waals surface area contributed by atoms with E-state index in [9.17, 15) is 12.8 Å². The Hall–Kier alpha value is -2.92. The van der Waals surface area contributed by atoms with Crippen LogP contribution in [-0.2, 0) is 10.0 Å². The van der Waals surface area contributed by atoms with E-state index in [1.54, 1.807) is 32.2 Å². The van der Waals surface area contributed by atoms with Gasteiger partial charge in [0.05, 0.1) is 17.6 Å². The Kier molecular flexibility index (Phi) is 5.48. The maximum absolute atomic E-state index is 13.1. The summed E-state index contributed by atoms with van der Waals surface area (Å²) < 4.78 is 44.5. The van der Waals surface area contributed by atoms with E-state index in [2.05, 4.69) is 20.2 Å². The third-order valence-electron chi connectivity index (χ3n) is 4.98. The third-order valence-corrected chi connectivity index (χ3v) is 6.86. The SMILES string of the molecule is CCS(=O)(=O)N1CCN(c2cnc(C)c(-c3nnc(-c4ccc(F)cc4)o3)n2)CC1. The minimum absolute atomic E-state index is 0.0923. The van der Waals surface area contributed by atoms with Crippen molar-refractivity contribution < 1.29 is 17.2 Å². The van der Waals surface area contributed by atoms with Crippen LogP contribution in [0.15, 0.2) is 34.9 Å². The number of halogens is 1. The van der Waals surface area contributed by atoms with Gasteiger partial charge in [-0.3, -0.25) is 4.98 Å². The van der Waals surface area contributed by atoms with Crippen LogP contribution >= 0.6 is 0 Å². The maximum atomic E-state index is 13.1. The van der Waals surface area contributed by atoms with Crippen LogP contribution in [0.3, 0.4) is 0 Å². The summed E-state index contributed by atoms with van der Waals surface area (Å²) in [6, 6.07) is 5.77. The zero-order valence-electron chi connectivity index (χ0n) is 16.6. The number of aryl methyl sites for hydroxylation is 1. The monoisotopic (exact) mass is 432 g/mol. The number of benzene rings is 1. The third kappa shape index (κ3) is 4.03. The first-order chi connectivity index (χ1) is 14.4. The van der Waals surface area contributed by atoms with Crippen LogP contribution in [0.4, 0.5) is 10.2 Å².